The second-order valence-electron chi connectivity index (χ2n) is 6.61. The molecule has 2 aromatic carbocycles. The van der Waals surface area contributed by atoms with Gasteiger partial charge in [-0.3, -0.25) is 0 Å². The fraction of sp³-hybridized carbons (Fsp3) is 0.400. The highest BCUT2D eigenvalue weighted by Gasteiger charge is 2.33. The van der Waals surface area contributed by atoms with E-state index in [-0.39, 0.29) is 10.9 Å². The van der Waals surface area contributed by atoms with Gasteiger partial charge < -0.3 is 4.74 Å². The zero-order valence-electron chi connectivity index (χ0n) is 14.9. The van der Waals surface area contributed by atoms with Crippen molar-refractivity contribution in [3.63, 3.8) is 0 Å². The van der Waals surface area contributed by atoms with Gasteiger partial charge in [-0.1, -0.05) is 18.6 Å². The van der Waals surface area contributed by atoms with Gasteiger partial charge in [0.2, 0.25) is 10.0 Å². The average molecular weight is 377 g/mol. The van der Waals surface area contributed by atoms with Crippen LogP contribution in [0.5, 0.6) is 5.75 Å². The molecule has 1 aliphatic rings. The Morgan fingerprint density at radius 1 is 1.15 bits per heavy atom. The van der Waals surface area contributed by atoms with Crippen LogP contribution in [0.1, 0.15) is 31.2 Å². The van der Waals surface area contributed by atoms with Gasteiger partial charge in [-0.25, -0.2) is 12.8 Å². The number of rotatable bonds is 6. The predicted molar refractivity (Wildman–Crippen MR) is 99.2 cm³/mol. The van der Waals surface area contributed by atoms with Crippen molar-refractivity contribution in [2.45, 2.75) is 43.0 Å². The molecule has 6 heteroatoms. The van der Waals surface area contributed by atoms with E-state index in [1.807, 2.05) is 24.3 Å². The lowest BCUT2D eigenvalue weighted by molar-refractivity contribution is 0.241. The van der Waals surface area contributed by atoms with E-state index in [2.05, 4.69) is 0 Å². The molecule has 1 unspecified atom stereocenters. The Bertz CT molecular complexity index is 836. The lowest BCUT2D eigenvalue weighted by Crippen LogP contribution is -2.43. The Hall–Kier alpha value is -1.92. The van der Waals surface area contributed by atoms with Crippen molar-refractivity contribution < 1.29 is 17.5 Å². The van der Waals surface area contributed by atoms with Crippen molar-refractivity contribution in [3.05, 3.63) is 59.9 Å². The highest BCUT2D eigenvalue weighted by Crippen LogP contribution is 2.28. The average Bonchev–Trinajstić information content (AvgIpc) is 2.67. The number of nitrogens with zero attached hydrogens (tertiary/aromatic N) is 1. The monoisotopic (exact) mass is 377 g/mol. The van der Waals surface area contributed by atoms with E-state index in [4.69, 9.17) is 4.74 Å². The summed E-state index contributed by atoms with van der Waals surface area (Å²) < 4.78 is 46.0. The molecule has 3 rings (SSSR count). The van der Waals surface area contributed by atoms with Crippen LogP contribution in [0.4, 0.5) is 4.39 Å². The van der Waals surface area contributed by atoms with Gasteiger partial charge in [0.15, 0.2) is 0 Å². The minimum Gasteiger partial charge on any atom is -0.497 e. The smallest absolute Gasteiger partial charge is 0.243 e. The molecule has 0 spiro atoms. The van der Waals surface area contributed by atoms with Crippen LogP contribution in [0, 0.1) is 5.82 Å². The third-order valence-corrected chi connectivity index (χ3v) is 6.86. The number of ether oxygens (including phenoxy) is 1. The van der Waals surface area contributed by atoms with E-state index in [0.717, 1.165) is 43.4 Å². The third-order valence-electron chi connectivity index (χ3n) is 4.89. The Morgan fingerprint density at radius 3 is 2.65 bits per heavy atom. The van der Waals surface area contributed by atoms with Crippen molar-refractivity contribution >= 4 is 10.0 Å². The molecule has 26 heavy (non-hydrogen) atoms. The fourth-order valence-corrected chi connectivity index (χ4v) is 5.21. The van der Waals surface area contributed by atoms with E-state index >= 15 is 0 Å². The van der Waals surface area contributed by atoms with E-state index in [1.165, 1.54) is 24.3 Å². The van der Waals surface area contributed by atoms with Gasteiger partial charge in [-0.2, -0.15) is 4.31 Å². The largest absolute Gasteiger partial charge is 0.497 e. The molecule has 2 aromatic rings. The summed E-state index contributed by atoms with van der Waals surface area (Å²) in [5, 5.41) is 0. The summed E-state index contributed by atoms with van der Waals surface area (Å²) in [7, 11) is -1.97. The van der Waals surface area contributed by atoms with Crippen molar-refractivity contribution in [3.8, 4) is 5.75 Å². The zero-order valence-corrected chi connectivity index (χ0v) is 15.7. The number of piperidine rings is 1. The van der Waals surface area contributed by atoms with Crippen molar-refractivity contribution in [2.75, 3.05) is 13.7 Å². The standard InChI is InChI=1S/C20H24FNO3S/c1-25-19-7-4-5-16(15-19)8-11-18-6-2-3-14-22(18)26(23,24)20-12-9-17(21)10-13-20/h4-5,7,9-10,12-13,15,18H,2-3,6,8,11,14H2,1H3. The molecule has 4 nitrogen and oxygen atoms in total. The Balaban J connectivity index is 1.75. The molecule has 1 saturated heterocycles. The first-order valence-electron chi connectivity index (χ1n) is 8.91. The zero-order chi connectivity index (χ0) is 18.6. The van der Waals surface area contributed by atoms with Gasteiger partial charge in [0.05, 0.1) is 12.0 Å². The molecular weight excluding hydrogens is 353 g/mol. The maximum Gasteiger partial charge on any atom is 0.243 e. The first kappa shape index (κ1) is 18.9. The summed E-state index contributed by atoms with van der Waals surface area (Å²) in [4.78, 5) is 0.159. The van der Waals surface area contributed by atoms with Gasteiger partial charge in [-0.05, 0) is 67.6 Å². The molecule has 0 N–H and O–H groups in total. The molecule has 1 atom stereocenters. The molecule has 0 aliphatic carbocycles. The summed E-state index contributed by atoms with van der Waals surface area (Å²) >= 11 is 0. The maximum absolute atomic E-state index is 13.1. The first-order chi connectivity index (χ1) is 12.5. The summed E-state index contributed by atoms with van der Waals surface area (Å²) in [6.45, 7) is 0.516. The summed E-state index contributed by atoms with van der Waals surface area (Å²) in [6.07, 6.45) is 4.28. The second kappa shape index (κ2) is 8.18. The lowest BCUT2D eigenvalue weighted by Gasteiger charge is -2.34. The van der Waals surface area contributed by atoms with Crippen LogP contribution >= 0.6 is 0 Å². The molecule has 0 amide bonds. The van der Waals surface area contributed by atoms with Gasteiger partial charge in [-0.15, -0.1) is 0 Å². The lowest BCUT2D eigenvalue weighted by atomic mass is 9.98. The van der Waals surface area contributed by atoms with Crippen LogP contribution in [0.3, 0.4) is 0 Å². The fourth-order valence-electron chi connectivity index (χ4n) is 3.48. The van der Waals surface area contributed by atoms with Gasteiger partial charge >= 0.3 is 0 Å². The van der Waals surface area contributed by atoms with Gasteiger partial charge in [0, 0.05) is 12.6 Å². The van der Waals surface area contributed by atoms with Gasteiger partial charge in [0.1, 0.15) is 11.6 Å². The van der Waals surface area contributed by atoms with Crippen molar-refractivity contribution in [1.29, 1.82) is 0 Å². The topological polar surface area (TPSA) is 46.6 Å². The number of hydrogen-bond acceptors (Lipinski definition) is 3. The minimum absolute atomic E-state index is 0.0370. The number of halogens is 1. The molecular formula is C20H24FNO3S. The van der Waals surface area contributed by atoms with Crippen LogP contribution in [0.15, 0.2) is 53.4 Å². The Labute approximate surface area is 154 Å². The quantitative estimate of drug-likeness (QED) is 0.764. The number of benzene rings is 2. The van der Waals surface area contributed by atoms with Crippen LogP contribution in [-0.2, 0) is 16.4 Å². The molecule has 0 aromatic heterocycles. The van der Waals surface area contributed by atoms with Crippen LogP contribution in [0.2, 0.25) is 0 Å². The third kappa shape index (κ3) is 4.24. The molecule has 1 aliphatic heterocycles. The predicted octanol–water partition coefficient (Wildman–Crippen LogP) is 4.01. The first-order valence-corrected chi connectivity index (χ1v) is 10.3. The van der Waals surface area contributed by atoms with Crippen molar-refractivity contribution in [2.24, 2.45) is 0 Å². The Kier molecular flexibility index (Phi) is 5.94. The number of sulfonamides is 1. The SMILES string of the molecule is COc1cccc(CCC2CCCCN2S(=O)(=O)c2ccc(F)cc2)c1. The molecule has 0 bridgehead atoms. The molecule has 0 radical (unpaired) electrons. The highest BCUT2D eigenvalue weighted by atomic mass is 32.2. The minimum atomic E-state index is -3.60. The maximum atomic E-state index is 13.1. The molecule has 1 heterocycles. The highest BCUT2D eigenvalue weighted by molar-refractivity contribution is 7.89. The molecule has 140 valence electrons. The number of hydrogen-bond donors (Lipinski definition) is 0. The van der Waals surface area contributed by atoms with Crippen LogP contribution in [0.25, 0.3) is 0 Å². The summed E-state index contributed by atoms with van der Waals surface area (Å²) in [5.41, 5.74) is 1.13. The molecule has 0 saturated carbocycles. The van der Waals surface area contributed by atoms with Crippen molar-refractivity contribution in [1.82, 2.24) is 4.31 Å². The second-order valence-corrected chi connectivity index (χ2v) is 8.50. The van der Waals surface area contributed by atoms with Crippen LogP contribution in [-0.4, -0.2) is 32.4 Å². The van der Waals surface area contributed by atoms with E-state index in [1.54, 1.807) is 11.4 Å². The van der Waals surface area contributed by atoms with Gasteiger partial charge in [0.25, 0.3) is 0 Å². The normalized spacial score (nSPS) is 18.6. The van der Waals surface area contributed by atoms with Crippen LogP contribution < -0.4 is 4.74 Å². The van der Waals surface area contributed by atoms with E-state index in [9.17, 15) is 12.8 Å². The Morgan fingerprint density at radius 2 is 1.92 bits per heavy atom. The summed E-state index contributed by atoms with van der Waals surface area (Å²) in [6, 6.07) is 12.9. The number of aryl methyl sites for hydroxylation is 1. The van der Waals surface area contributed by atoms with E-state index in [0.29, 0.717) is 6.54 Å². The van der Waals surface area contributed by atoms with E-state index < -0.39 is 15.8 Å². The summed E-state index contributed by atoms with van der Waals surface area (Å²) in [5.74, 6) is 0.374. The molecule has 1 fully saturated rings. The number of methoxy groups -OCH3 is 1.